The molecule has 0 aliphatic rings. The number of benzene rings is 2. The molecular formula is C14H8Br3FO. The second-order valence-corrected chi connectivity index (χ2v) is 6.58. The largest absolute Gasteiger partial charge is 0.294 e. The molecule has 0 radical (unpaired) electrons. The summed E-state index contributed by atoms with van der Waals surface area (Å²) in [6.07, 6.45) is 0.146. The van der Waals surface area contributed by atoms with Gasteiger partial charge in [-0.15, -0.1) is 0 Å². The monoisotopic (exact) mass is 448 g/mol. The number of carbonyl (C=O) groups is 1. The van der Waals surface area contributed by atoms with Crippen LogP contribution in [0.1, 0.15) is 15.9 Å². The number of ketones is 1. The zero-order chi connectivity index (χ0) is 14.0. The molecule has 0 fully saturated rings. The van der Waals surface area contributed by atoms with E-state index in [2.05, 4.69) is 47.8 Å². The highest BCUT2D eigenvalue weighted by atomic mass is 79.9. The molecule has 0 spiro atoms. The van der Waals surface area contributed by atoms with E-state index in [0.29, 0.717) is 11.1 Å². The molecule has 5 heteroatoms. The summed E-state index contributed by atoms with van der Waals surface area (Å²) in [6, 6.07) is 9.73. The van der Waals surface area contributed by atoms with Gasteiger partial charge in [0, 0.05) is 25.4 Å². The minimum Gasteiger partial charge on any atom is -0.294 e. The van der Waals surface area contributed by atoms with Crippen molar-refractivity contribution in [2.45, 2.75) is 6.42 Å². The molecule has 0 aromatic heterocycles. The van der Waals surface area contributed by atoms with Crippen molar-refractivity contribution in [2.24, 2.45) is 0 Å². The predicted molar refractivity (Wildman–Crippen MR) is 84.0 cm³/mol. The molecule has 0 saturated carbocycles. The van der Waals surface area contributed by atoms with Gasteiger partial charge in [0.15, 0.2) is 5.78 Å². The second kappa shape index (κ2) is 6.29. The Morgan fingerprint density at radius 3 is 2.42 bits per heavy atom. The van der Waals surface area contributed by atoms with Gasteiger partial charge in [-0.25, -0.2) is 4.39 Å². The van der Waals surface area contributed by atoms with Crippen molar-refractivity contribution in [3.8, 4) is 0 Å². The molecule has 0 N–H and O–H groups in total. The summed E-state index contributed by atoms with van der Waals surface area (Å²) in [7, 11) is 0. The lowest BCUT2D eigenvalue weighted by molar-refractivity contribution is 0.0992. The Hall–Kier alpha value is -0.520. The van der Waals surface area contributed by atoms with Crippen LogP contribution in [0.5, 0.6) is 0 Å². The first-order valence-electron chi connectivity index (χ1n) is 5.39. The van der Waals surface area contributed by atoms with E-state index >= 15 is 0 Å². The minimum atomic E-state index is -0.348. The molecule has 0 bridgehead atoms. The smallest absolute Gasteiger partial charge is 0.168 e. The van der Waals surface area contributed by atoms with Crippen LogP contribution in [0.3, 0.4) is 0 Å². The van der Waals surface area contributed by atoms with Crippen LogP contribution < -0.4 is 0 Å². The van der Waals surface area contributed by atoms with Crippen LogP contribution in [0.2, 0.25) is 0 Å². The standard InChI is InChI=1S/C14H8Br3FO/c15-9-1-3-13(17)11(7-9)14(19)6-8-5-10(18)2-4-12(8)16/h1-5,7H,6H2. The Kier molecular flexibility index (Phi) is 4.92. The van der Waals surface area contributed by atoms with Gasteiger partial charge in [0.2, 0.25) is 0 Å². The lowest BCUT2D eigenvalue weighted by Gasteiger charge is -2.07. The maximum atomic E-state index is 13.2. The van der Waals surface area contributed by atoms with Gasteiger partial charge in [-0.3, -0.25) is 4.79 Å². The lowest BCUT2D eigenvalue weighted by atomic mass is 10.0. The third-order valence-electron chi connectivity index (χ3n) is 2.59. The zero-order valence-electron chi connectivity index (χ0n) is 9.59. The highest BCUT2D eigenvalue weighted by Crippen LogP contribution is 2.25. The topological polar surface area (TPSA) is 17.1 Å². The summed E-state index contributed by atoms with van der Waals surface area (Å²) in [5.41, 5.74) is 1.21. The normalized spacial score (nSPS) is 10.5. The molecule has 0 saturated heterocycles. The fraction of sp³-hybridized carbons (Fsp3) is 0.0714. The van der Waals surface area contributed by atoms with Crippen LogP contribution >= 0.6 is 47.8 Å². The number of Topliss-reactive ketones (excluding diaryl/α,β-unsaturated/α-hetero) is 1. The van der Waals surface area contributed by atoms with E-state index in [1.165, 1.54) is 12.1 Å². The van der Waals surface area contributed by atoms with Crippen molar-refractivity contribution in [3.63, 3.8) is 0 Å². The van der Waals surface area contributed by atoms with Crippen LogP contribution in [0, 0.1) is 5.82 Å². The van der Waals surface area contributed by atoms with Crippen LogP contribution in [0.25, 0.3) is 0 Å². The molecular weight excluding hydrogens is 443 g/mol. The van der Waals surface area contributed by atoms with Gasteiger partial charge in [0.05, 0.1) is 0 Å². The summed E-state index contributed by atoms with van der Waals surface area (Å²) >= 11 is 10.0. The molecule has 2 rings (SSSR count). The number of hydrogen-bond acceptors (Lipinski definition) is 1. The number of rotatable bonds is 3. The summed E-state index contributed by atoms with van der Waals surface area (Å²) in [6.45, 7) is 0. The second-order valence-electron chi connectivity index (χ2n) is 3.96. The van der Waals surface area contributed by atoms with Gasteiger partial charge >= 0.3 is 0 Å². The van der Waals surface area contributed by atoms with Crippen molar-refractivity contribution in [1.29, 1.82) is 0 Å². The first-order chi connectivity index (χ1) is 8.97. The molecule has 19 heavy (non-hydrogen) atoms. The van der Waals surface area contributed by atoms with Gasteiger partial charge in [-0.1, -0.05) is 47.8 Å². The van der Waals surface area contributed by atoms with Crippen molar-refractivity contribution in [2.75, 3.05) is 0 Å². The highest BCUT2D eigenvalue weighted by molar-refractivity contribution is 9.11. The highest BCUT2D eigenvalue weighted by Gasteiger charge is 2.13. The van der Waals surface area contributed by atoms with Gasteiger partial charge in [-0.2, -0.15) is 0 Å². The molecule has 0 atom stereocenters. The Labute approximate surface area is 135 Å². The fourth-order valence-corrected chi connectivity index (χ4v) is 2.87. The Bertz CT molecular complexity index is 641. The maximum Gasteiger partial charge on any atom is 0.168 e. The fourth-order valence-electron chi connectivity index (χ4n) is 1.66. The molecule has 0 aliphatic heterocycles. The Morgan fingerprint density at radius 2 is 1.68 bits per heavy atom. The van der Waals surface area contributed by atoms with Crippen molar-refractivity contribution in [3.05, 3.63) is 66.8 Å². The number of carbonyl (C=O) groups excluding carboxylic acids is 1. The first kappa shape index (κ1) is 14.9. The van der Waals surface area contributed by atoms with Crippen molar-refractivity contribution < 1.29 is 9.18 Å². The molecule has 0 unspecified atom stereocenters. The van der Waals surface area contributed by atoms with Gasteiger partial charge in [0.25, 0.3) is 0 Å². The minimum absolute atomic E-state index is 0.0699. The summed E-state index contributed by atoms with van der Waals surface area (Å²) in [5, 5.41) is 0. The van der Waals surface area contributed by atoms with E-state index in [-0.39, 0.29) is 18.0 Å². The third kappa shape index (κ3) is 3.74. The zero-order valence-corrected chi connectivity index (χ0v) is 14.3. The van der Waals surface area contributed by atoms with E-state index in [4.69, 9.17) is 0 Å². The molecule has 0 heterocycles. The van der Waals surface area contributed by atoms with E-state index in [9.17, 15) is 9.18 Å². The van der Waals surface area contributed by atoms with E-state index in [1.54, 1.807) is 18.2 Å². The summed E-state index contributed by atoms with van der Waals surface area (Å²) in [4.78, 5) is 12.3. The van der Waals surface area contributed by atoms with Crippen LogP contribution in [-0.2, 0) is 6.42 Å². The van der Waals surface area contributed by atoms with Gasteiger partial charge < -0.3 is 0 Å². The van der Waals surface area contributed by atoms with E-state index < -0.39 is 0 Å². The lowest BCUT2D eigenvalue weighted by Crippen LogP contribution is -2.05. The SMILES string of the molecule is O=C(Cc1cc(F)ccc1Br)c1cc(Br)ccc1Br. The Morgan fingerprint density at radius 1 is 1.00 bits per heavy atom. The van der Waals surface area contributed by atoms with Gasteiger partial charge in [0.1, 0.15) is 5.82 Å². The predicted octanol–water partition coefficient (Wildman–Crippen LogP) is 5.54. The molecule has 1 nitrogen and oxygen atoms in total. The Balaban J connectivity index is 2.30. The number of hydrogen-bond donors (Lipinski definition) is 0. The average Bonchev–Trinajstić information content (AvgIpc) is 2.36. The molecule has 0 amide bonds. The summed E-state index contributed by atoms with van der Waals surface area (Å²) < 4.78 is 15.5. The van der Waals surface area contributed by atoms with Crippen molar-refractivity contribution in [1.82, 2.24) is 0 Å². The molecule has 98 valence electrons. The maximum absolute atomic E-state index is 13.2. The van der Waals surface area contributed by atoms with E-state index in [1.807, 2.05) is 6.07 Å². The van der Waals surface area contributed by atoms with Crippen molar-refractivity contribution >= 4 is 53.6 Å². The first-order valence-corrected chi connectivity index (χ1v) is 7.77. The van der Waals surface area contributed by atoms with Gasteiger partial charge in [-0.05, 0) is 42.0 Å². The number of halogens is 4. The molecule has 0 aliphatic carbocycles. The molecule has 2 aromatic carbocycles. The summed E-state index contributed by atoms with van der Waals surface area (Å²) in [5.74, 6) is -0.418. The molecule has 2 aromatic rings. The van der Waals surface area contributed by atoms with E-state index in [0.717, 1.165) is 13.4 Å². The van der Waals surface area contributed by atoms with Crippen LogP contribution in [-0.4, -0.2) is 5.78 Å². The van der Waals surface area contributed by atoms with Crippen LogP contribution in [0.4, 0.5) is 4.39 Å². The van der Waals surface area contributed by atoms with Crippen LogP contribution in [0.15, 0.2) is 49.8 Å². The average molecular weight is 451 g/mol. The quantitative estimate of drug-likeness (QED) is 0.561. The third-order valence-corrected chi connectivity index (χ3v) is 4.55.